The molecule has 0 aliphatic heterocycles. The van der Waals surface area contributed by atoms with Gasteiger partial charge in [-0.2, -0.15) is 0 Å². The molecule has 0 aromatic heterocycles. The van der Waals surface area contributed by atoms with E-state index in [1.807, 2.05) is 5.59 Å². The predicted octanol–water partition coefficient (Wildman–Crippen LogP) is -2.25. The highest BCUT2D eigenvalue weighted by Gasteiger charge is 1.90. The zero-order chi connectivity index (χ0) is 7.98. The molecule has 0 atom stereocenters. The van der Waals surface area contributed by atoms with Crippen molar-refractivity contribution in [3.05, 3.63) is 0 Å². The smallest absolute Gasteiger partial charge is 0.324 e. The Morgan fingerprint density at radius 2 is 2.30 bits per heavy atom. The van der Waals surface area contributed by atoms with Gasteiger partial charge >= 0.3 is 5.97 Å². The van der Waals surface area contributed by atoms with Crippen molar-refractivity contribution in [1.82, 2.24) is 11.0 Å². The highest BCUT2D eigenvalue weighted by molar-refractivity contribution is 5.76. The fraction of sp³-hybridized carbons (Fsp3) is 0.333. The summed E-state index contributed by atoms with van der Waals surface area (Å²) in [7, 11) is 0. The maximum Gasteiger partial charge on any atom is 0.324 e. The molecule has 0 fully saturated rings. The third kappa shape index (κ3) is 4.65. The van der Waals surface area contributed by atoms with Crippen molar-refractivity contribution in [3.8, 4) is 0 Å². The van der Waals surface area contributed by atoms with Crippen LogP contribution in [0, 0.1) is 0 Å². The summed E-state index contributed by atoms with van der Waals surface area (Å²) in [6.45, 7) is 1.23. The van der Waals surface area contributed by atoms with Crippen LogP contribution in [0.25, 0.3) is 0 Å². The second-order valence-electron chi connectivity index (χ2n) is 1.34. The number of nitrogens with two attached hydrogens (primary N) is 2. The molecule has 58 valence electrons. The van der Waals surface area contributed by atoms with E-state index < -0.39 is 5.97 Å². The number of hydrazine groups is 1. The molecule has 0 amide bonds. The van der Waals surface area contributed by atoms with E-state index in [1.165, 1.54) is 6.92 Å². The minimum Gasteiger partial charge on any atom is -0.367 e. The standard InChI is InChI=1S/C3H9N5O2/c1-2(9)10-8-7-3(4)6-5/h8H,5H2,1H3,(H3,4,6,7). The van der Waals surface area contributed by atoms with Gasteiger partial charge in [0.25, 0.3) is 0 Å². The van der Waals surface area contributed by atoms with E-state index in [0.29, 0.717) is 0 Å². The molecule has 0 radical (unpaired) electrons. The van der Waals surface area contributed by atoms with E-state index in [9.17, 15) is 4.79 Å². The number of hydrogen-bond donors (Lipinski definition) is 4. The molecule has 0 aromatic carbocycles. The minimum atomic E-state index is -0.502. The Labute approximate surface area is 57.3 Å². The topological polar surface area (TPSA) is 115 Å². The number of rotatable bonds is 2. The van der Waals surface area contributed by atoms with Crippen LogP contribution in [0.1, 0.15) is 6.92 Å². The average molecular weight is 147 g/mol. The van der Waals surface area contributed by atoms with Crippen LogP contribution in [0.3, 0.4) is 0 Å². The van der Waals surface area contributed by atoms with Crippen LogP contribution in [-0.4, -0.2) is 11.9 Å². The molecule has 0 bridgehead atoms. The van der Waals surface area contributed by atoms with Gasteiger partial charge in [-0.05, 0) is 0 Å². The van der Waals surface area contributed by atoms with E-state index in [1.54, 1.807) is 0 Å². The quantitative estimate of drug-likeness (QED) is 0.152. The molecule has 0 aliphatic rings. The van der Waals surface area contributed by atoms with Gasteiger partial charge in [0, 0.05) is 6.92 Å². The van der Waals surface area contributed by atoms with Gasteiger partial charge in [0.05, 0.1) is 0 Å². The maximum atomic E-state index is 10.1. The molecule has 0 rings (SSSR count). The van der Waals surface area contributed by atoms with Gasteiger partial charge < -0.3 is 16.4 Å². The minimum absolute atomic E-state index is 0.0822. The molecular formula is C3H9N5O2. The normalized spacial score (nSPS) is 10.7. The third-order valence-electron chi connectivity index (χ3n) is 0.513. The molecule has 0 unspecified atom stereocenters. The summed E-state index contributed by atoms with van der Waals surface area (Å²) in [6.07, 6.45) is 0. The molecule has 0 saturated carbocycles. The fourth-order valence-corrected chi connectivity index (χ4v) is 0.182. The van der Waals surface area contributed by atoms with Crippen molar-refractivity contribution in [2.24, 2.45) is 16.7 Å². The lowest BCUT2D eigenvalue weighted by Gasteiger charge is -2.03. The summed E-state index contributed by atoms with van der Waals surface area (Å²) >= 11 is 0. The van der Waals surface area contributed by atoms with Gasteiger partial charge in [0.2, 0.25) is 5.96 Å². The van der Waals surface area contributed by atoms with Crippen LogP contribution in [0.2, 0.25) is 0 Å². The lowest BCUT2D eigenvalue weighted by molar-refractivity contribution is -0.149. The fourth-order valence-electron chi connectivity index (χ4n) is 0.182. The number of nitrogens with zero attached hydrogens (tertiary/aromatic N) is 1. The summed E-state index contributed by atoms with van der Waals surface area (Å²) < 4.78 is 0. The lowest BCUT2D eigenvalue weighted by atomic mass is 10.8. The average Bonchev–Trinajstić information content (AvgIpc) is 1.87. The van der Waals surface area contributed by atoms with E-state index in [2.05, 4.69) is 15.4 Å². The maximum absolute atomic E-state index is 10.1. The monoisotopic (exact) mass is 147 g/mol. The van der Waals surface area contributed by atoms with Crippen LogP contribution in [0.5, 0.6) is 0 Å². The Morgan fingerprint density at radius 3 is 2.70 bits per heavy atom. The molecule has 7 nitrogen and oxygen atoms in total. The predicted molar refractivity (Wildman–Crippen MR) is 33.8 cm³/mol. The Balaban J connectivity index is 3.29. The molecule has 0 spiro atoms. The van der Waals surface area contributed by atoms with Crippen molar-refractivity contribution in [2.75, 3.05) is 0 Å². The van der Waals surface area contributed by atoms with Crippen molar-refractivity contribution >= 4 is 11.9 Å². The van der Waals surface area contributed by atoms with Gasteiger partial charge in [0.1, 0.15) is 0 Å². The highest BCUT2D eigenvalue weighted by Crippen LogP contribution is 1.62. The van der Waals surface area contributed by atoms with Crippen molar-refractivity contribution in [3.63, 3.8) is 0 Å². The van der Waals surface area contributed by atoms with Crippen molar-refractivity contribution < 1.29 is 9.63 Å². The Hall–Kier alpha value is -1.50. The van der Waals surface area contributed by atoms with Gasteiger partial charge in [-0.1, -0.05) is 5.59 Å². The number of hydrogen-bond acceptors (Lipinski definition) is 5. The number of nitrogens with one attached hydrogen (secondary N) is 2. The Morgan fingerprint density at radius 1 is 1.70 bits per heavy atom. The van der Waals surface area contributed by atoms with E-state index in [-0.39, 0.29) is 5.96 Å². The molecule has 7 heteroatoms. The second kappa shape index (κ2) is 4.39. The summed E-state index contributed by atoms with van der Waals surface area (Å²) in [6, 6.07) is 0. The molecule has 0 aromatic rings. The summed E-state index contributed by atoms with van der Waals surface area (Å²) in [4.78, 5) is 14.3. The van der Waals surface area contributed by atoms with Gasteiger partial charge in [-0.25, -0.2) is 0 Å². The molecule has 6 N–H and O–H groups in total. The number of hydrazone groups is 1. The molecule has 10 heavy (non-hydrogen) atoms. The first kappa shape index (κ1) is 8.50. The Bertz CT molecular complexity index is 144. The van der Waals surface area contributed by atoms with Gasteiger partial charge in [-0.15, -0.1) is 5.10 Å². The van der Waals surface area contributed by atoms with Gasteiger partial charge in [-0.3, -0.25) is 10.2 Å². The first-order valence-corrected chi connectivity index (χ1v) is 2.38. The molecule has 0 heterocycles. The van der Waals surface area contributed by atoms with E-state index in [4.69, 9.17) is 11.6 Å². The molecule has 0 aliphatic carbocycles. The third-order valence-corrected chi connectivity index (χ3v) is 0.513. The zero-order valence-corrected chi connectivity index (χ0v) is 5.42. The molecule has 0 saturated heterocycles. The number of guanidine groups is 1. The van der Waals surface area contributed by atoms with Crippen LogP contribution < -0.4 is 22.6 Å². The second-order valence-corrected chi connectivity index (χ2v) is 1.34. The number of carbonyl (C=O) groups is 1. The first-order valence-electron chi connectivity index (χ1n) is 2.38. The van der Waals surface area contributed by atoms with E-state index >= 15 is 0 Å². The lowest BCUT2D eigenvalue weighted by Crippen LogP contribution is -2.43. The van der Waals surface area contributed by atoms with Crippen molar-refractivity contribution in [2.45, 2.75) is 6.92 Å². The molecular weight excluding hydrogens is 138 g/mol. The van der Waals surface area contributed by atoms with Gasteiger partial charge in [0.15, 0.2) is 0 Å². The van der Waals surface area contributed by atoms with E-state index in [0.717, 1.165) is 0 Å². The Kier molecular flexibility index (Phi) is 3.73. The van der Waals surface area contributed by atoms with Crippen molar-refractivity contribution in [1.29, 1.82) is 0 Å². The largest absolute Gasteiger partial charge is 0.367 e. The van der Waals surface area contributed by atoms with Crippen LogP contribution in [-0.2, 0) is 9.63 Å². The number of carbonyl (C=O) groups excluding carboxylic acids is 1. The first-order chi connectivity index (χ1) is 4.66. The summed E-state index contributed by atoms with van der Waals surface area (Å²) in [5, 5.41) is 3.01. The zero-order valence-electron chi connectivity index (χ0n) is 5.42. The highest BCUT2D eigenvalue weighted by atomic mass is 16.7. The van der Waals surface area contributed by atoms with Crippen LogP contribution in [0.15, 0.2) is 5.10 Å². The van der Waals surface area contributed by atoms with Crippen LogP contribution in [0.4, 0.5) is 0 Å². The van der Waals surface area contributed by atoms with Crippen LogP contribution >= 0.6 is 0 Å². The summed E-state index contributed by atoms with van der Waals surface area (Å²) in [5.74, 6) is 4.12. The summed E-state index contributed by atoms with van der Waals surface area (Å²) in [5.41, 5.74) is 9.19. The SMILES string of the molecule is CC(=O)ONNC(N)=NN.